The summed E-state index contributed by atoms with van der Waals surface area (Å²) in [4.78, 5) is 69.7. The molecule has 0 aromatic carbocycles. The van der Waals surface area contributed by atoms with Crippen molar-refractivity contribution in [3.8, 4) is 21.1 Å². The zero-order valence-electron chi connectivity index (χ0n) is 29.0. The molecule has 0 fully saturated rings. The maximum absolute atomic E-state index is 11.9. The van der Waals surface area contributed by atoms with E-state index in [1.165, 1.54) is 36.5 Å². The van der Waals surface area contributed by atoms with Crippen molar-refractivity contribution in [1.82, 2.24) is 41.4 Å². The summed E-state index contributed by atoms with van der Waals surface area (Å²) in [5, 5.41) is 42.9. The van der Waals surface area contributed by atoms with Crippen molar-refractivity contribution >= 4 is 87.6 Å². The monoisotopic (exact) mass is 812 g/mol. The second-order valence-electron chi connectivity index (χ2n) is 10.6. The number of carbonyl (C=O) groups excluding carboxylic acids is 3. The smallest absolute Gasteiger partial charge is 0.398 e. The molecule has 0 saturated carbocycles. The predicted octanol–water partition coefficient (Wildman–Crippen LogP) is 2.71. The lowest BCUT2D eigenvalue weighted by molar-refractivity contribution is -0.138. The maximum atomic E-state index is 11.9. The highest BCUT2D eigenvalue weighted by Crippen LogP contribution is 2.26. The first kappa shape index (κ1) is 53.4. The number of hydrogen-bond donors (Lipinski definition) is 9. The van der Waals surface area contributed by atoms with Crippen molar-refractivity contribution in [2.75, 3.05) is 11.1 Å². The van der Waals surface area contributed by atoms with Gasteiger partial charge in [-0.3, -0.25) is 29.1 Å². The van der Waals surface area contributed by atoms with Gasteiger partial charge in [0.1, 0.15) is 46.9 Å². The molecule has 4 aromatic heterocycles. The normalized spacial score (nSPS) is 10.8. The van der Waals surface area contributed by atoms with Gasteiger partial charge in [-0.2, -0.15) is 0 Å². The molecule has 3 amide bonds. The number of rotatable bonds is 15. The molecule has 0 spiro atoms. The minimum Gasteiger partial charge on any atom is -0.480 e. The fraction of sp³-hybridized carbons (Fsp3) is 0.355. The summed E-state index contributed by atoms with van der Waals surface area (Å²) in [5.74, 6) is -2.23. The molecule has 0 bridgehead atoms. The Morgan fingerprint density at radius 1 is 0.786 bits per heavy atom. The molecule has 2 atom stereocenters. The summed E-state index contributed by atoms with van der Waals surface area (Å²) in [6.07, 6.45) is 3.36. The quantitative estimate of drug-likeness (QED) is 0.0616. The van der Waals surface area contributed by atoms with Crippen molar-refractivity contribution in [2.45, 2.75) is 75.1 Å². The number of nitrogens with one attached hydrogen (secondary N) is 5. The van der Waals surface area contributed by atoms with E-state index in [9.17, 15) is 19.2 Å². The third-order valence-electron chi connectivity index (χ3n) is 5.85. The molecule has 0 unspecified atom stereocenters. The van der Waals surface area contributed by atoms with Gasteiger partial charge in [-0.25, -0.2) is 20.8 Å². The molecule has 0 aliphatic rings. The highest BCUT2D eigenvalue weighted by atomic mass is 32.1. The van der Waals surface area contributed by atoms with Crippen molar-refractivity contribution in [3.05, 3.63) is 58.8 Å². The summed E-state index contributed by atoms with van der Waals surface area (Å²) < 4.78 is 0. The topological polar surface area (TPSA) is 285 Å². The van der Waals surface area contributed by atoms with E-state index in [1.807, 2.05) is 23.5 Å². The van der Waals surface area contributed by atoms with Gasteiger partial charge in [0.15, 0.2) is 11.6 Å². The number of hydrogen-bond acceptors (Lipinski definition) is 17. The highest BCUT2D eigenvalue weighted by molar-refractivity contribution is 7.13. The molecule has 56 heavy (non-hydrogen) atoms. The first-order valence-electron chi connectivity index (χ1n) is 15.4. The first-order valence-corrected chi connectivity index (χ1v) is 17.1. The lowest BCUT2D eigenvalue weighted by atomic mass is 9.92. The molecule has 4 radical (unpaired) electrons. The number of anilines is 2. The van der Waals surface area contributed by atoms with Crippen LogP contribution in [-0.4, -0.2) is 100 Å². The second-order valence-corrected chi connectivity index (χ2v) is 12.4. The van der Waals surface area contributed by atoms with Gasteiger partial charge in [-0.1, -0.05) is 22.3 Å². The lowest BCUT2D eigenvalue weighted by Gasteiger charge is -2.11. The van der Waals surface area contributed by atoms with Gasteiger partial charge in [0.25, 0.3) is 0 Å². The number of nitrogens with zero attached hydrogens (tertiary/aromatic N) is 4. The fourth-order valence-electron chi connectivity index (χ4n) is 3.42. The number of amides is 3. The number of nitrogens with two attached hydrogens (primary N) is 1. The molecule has 10 N–H and O–H groups in total. The molecular weight excluding hydrogens is 764 g/mol. The molecule has 25 heteroatoms. The second kappa shape index (κ2) is 27.8. The van der Waals surface area contributed by atoms with E-state index in [-0.39, 0.29) is 35.5 Å². The predicted molar refractivity (Wildman–Crippen MR) is 223 cm³/mol. The molecule has 4 heterocycles. The summed E-state index contributed by atoms with van der Waals surface area (Å²) in [6.45, 7) is 6.45. The molecular formula is C31H48B4N10O9S2. The Morgan fingerprint density at radius 3 is 1.59 bits per heavy atom. The van der Waals surface area contributed by atoms with Crippen LogP contribution in [0.5, 0.6) is 0 Å². The summed E-state index contributed by atoms with van der Waals surface area (Å²) >= 11 is 2.82. The number of thiazole rings is 2. The van der Waals surface area contributed by atoms with Crippen LogP contribution in [0.1, 0.15) is 47.5 Å². The van der Waals surface area contributed by atoms with Crippen LogP contribution < -0.4 is 32.5 Å². The van der Waals surface area contributed by atoms with Crippen LogP contribution in [0, 0.1) is 0 Å². The van der Waals surface area contributed by atoms with E-state index < -0.39 is 49.7 Å². The third kappa shape index (κ3) is 21.4. The Kier molecular flexibility index (Phi) is 26.5. The van der Waals surface area contributed by atoms with Crippen LogP contribution in [0.15, 0.2) is 47.4 Å². The number of carboxylic acids is 1. The number of carboxylic acid groups (broad SMARTS) is 1. The van der Waals surface area contributed by atoms with E-state index in [4.69, 9.17) is 38.4 Å². The summed E-state index contributed by atoms with van der Waals surface area (Å²) in [5.41, 5.74) is 8.71. The zero-order chi connectivity index (χ0) is 39.5. The molecule has 0 aliphatic carbocycles. The average Bonchev–Trinajstić information content (AvgIpc) is 3.74. The molecule has 300 valence electrons. The zero-order valence-corrected chi connectivity index (χ0v) is 30.6. The average molecular weight is 812 g/mol. The molecule has 0 aliphatic heterocycles. The third-order valence-corrected chi connectivity index (χ3v) is 7.65. The van der Waals surface area contributed by atoms with Gasteiger partial charge in [-0.05, 0) is 51.8 Å². The van der Waals surface area contributed by atoms with Gasteiger partial charge in [0, 0.05) is 34.3 Å². The van der Waals surface area contributed by atoms with Gasteiger partial charge < -0.3 is 46.5 Å². The largest absolute Gasteiger partial charge is 0.480 e. The number of aliphatic carboxylic acids is 1. The maximum Gasteiger partial charge on any atom is 0.398 e. The lowest BCUT2D eigenvalue weighted by Crippen LogP contribution is -2.41. The summed E-state index contributed by atoms with van der Waals surface area (Å²) in [6, 6.07) is 5.67. The van der Waals surface area contributed by atoms with E-state index in [0.717, 1.165) is 21.8 Å². The van der Waals surface area contributed by atoms with Crippen molar-refractivity contribution in [3.63, 3.8) is 0 Å². The Bertz CT molecular complexity index is 1760. The number of carbonyl (C=O) groups is 4. The molecule has 4 aromatic rings. The van der Waals surface area contributed by atoms with Crippen LogP contribution in [0.4, 0.5) is 21.2 Å². The molecule has 4 rings (SSSR count). The van der Waals surface area contributed by atoms with Gasteiger partial charge in [-0.15, -0.1) is 22.7 Å². The van der Waals surface area contributed by atoms with Gasteiger partial charge in [0.2, 0.25) is 21.6 Å². The Balaban J connectivity index is 0. The van der Waals surface area contributed by atoms with Crippen LogP contribution >= 0.6 is 22.7 Å². The first-order chi connectivity index (χ1) is 25.0. The van der Waals surface area contributed by atoms with Crippen LogP contribution in [0.3, 0.4) is 0 Å². The number of nitrogen functional groups attached to an aromatic ring is 1. The van der Waals surface area contributed by atoms with E-state index in [1.54, 1.807) is 42.9 Å². The Hall–Kier alpha value is -4.74. The van der Waals surface area contributed by atoms with Crippen molar-refractivity contribution in [2.24, 2.45) is 0 Å². The standard InChI is InChI=1S/C14H17B2N5O4S.C10H13BN4O2S.C4H6BNO3.3CH4/c1-8(18-14(15)23)12(22)19-11-7-26-13(20-11)9-3-4-10(17-5-9)6-25-21-16(2)24;1-11(16)15-17-5-8-3-2-7(4-13-8)10-14-9(12)6-18-10;1-2(3(7)8)6-4(5)9;;;/h3-5,7-8,21,24H,6H2,1-2H3,(H,18,23)(H,19,22);2-4,6,15-16H,5,12H2,1H3;2H,1H3,(H,6,9)(H,7,8);3*1H4/t8-;;2-;;;/m0.0.../s1. The van der Waals surface area contributed by atoms with Crippen LogP contribution in [-0.2, 0) is 32.5 Å². The van der Waals surface area contributed by atoms with E-state index >= 15 is 0 Å². The van der Waals surface area contributed by atoms with E-state index in [0.29, 0.717) is 22.3 Å². The Morgan fingerprint density at radius 2 is 1.23 bits per heavy atom. The minimum atomic E-state index is -1.10. The Labute approximate surface area is 338 Å². The number of pyridine rings is 2. The van der Waals surface area contributed by atoms with Gasteiger partial charge in [0.05, 0.1) is 11.4 Å². The summed E-state index contributed by atoms with van der Waals surface area (Å²) in [7, 11) is 8.13. The highest BCUT2D eigenvalue weighted by Gasteiger charge is 2.16. The number of aromatic nitrogens is 4. The van der Waals surface area contributed by atoms with Crippen LogP contribution in [0.2, 0.25) is 13.6 Å². The fourth-order valence-corrected chi connectivity index (χ4v) is 4.86. The van der Waals surface area contributed by atoms with Crippen molar-refractivity contribution in [1.29, 1.82) is 0 Å². The minimum absolute atomic E-state index is 0. The SMILES string of the molecule is C.C.C.CB(O)NOCc1ccc(-c2nc(N)cs2)cn1.[B]C(=O)N[C@@H](C)C(=O)Nc1csc(-c2ccc(CONB(C)O)nc2)n1.[B]C(=O)N[C@@H](C)C(=O)O. The molecule has 19 nitrogen and oxygen atoms in total. The van der Waals surface area contributed by atoms with Crippen LogP contribution in [0.25, 0.3) is 21.1 Å². The van der Waals surface area contributed by atoms with E-state index in [2.05, 4.69) is 49.2 Å². The van der Waals surface area contributed by atoms with Gasteiger partial charge >= 0.3 is 20.1 Å². The molecule has 0 saturated heterocycles. The van der Waals surface area contributed by atoms with Crippen molar-refractivity contribution < 1.29 is 44.0 Å².